The molecule has 16 rings (SSSR count). The largest absolute Gasteiger partial charge is 0.466 e. The number of thioether (sulfide) groups is 4. The number of cyclic esters (lactones) is 3. The first-order valence-electron chi connectivity index (χ1n) is 49.1. The second-order valence-corrected chi connectivity index (χ2v) is 46.2. The highest BCUT2D eigenvalue weighted by Gasteiger charge is 2.23. The molecular formula is C100H186O16S5. The molecule has 0 amide bonds. The summed E-state index contributed by atoms with van der Waals surface area (Å²) in [4.78, 5) is 73.9. The molecule has 0 N–H and O–H groups in total. The van der Waals surface area contributed by atoms with Crippen LogP contribution < -0.4 is 0 Å². The summed E-state index contributed by atoms with van der Waals surface area (Å²) in [6, 6.07) is 0. The van der Waals surface area contributed by atoms with Crippen molar-refractivity contribution in [2.75, 3.05) is 130 Å². The van der Waals surface area contributed by atoms with E-state index in [1.54, 1.807) is 0 Å². The molecule has 12 aliphatic heterocycles. The molecule has 12 unspecified atom stereocenters. The summed E-state index contributed by atoms with van der Waals surface area (Å²) < 4.78 is 56.4. The summed E-state index contributed by atoms with van der Waals surface area (Å²) >= 11 is 8.40. The zero-order valence-electron chi connectivity index (χ0n) is 80.4. The maximum absolute atomic E-state index is 10.8. The molecule has 4 aliphatic carbocycles. The Balaban J connectivity index is 0.000000646. The van der Waals surface area contributed by atoms with E-state index >= 15 is 0 Å². The minimum absolute atomic E-state index is 0.0284. The predicted octanol–water partition coefficient (Wildman–Crippen LogP) is 25.1. The van der Waals surface area contributed by atoms with Gasteiger partial charge in [0.05, 0.1) is 37.7 Å². The van der Waals surface area contributed by atoms with Gasteiger partial charge in [-0.1, -0.05) is 117 Å². The molecule has 0 bridgehead atoms. The highest BCUT2D eigenvalue weighted by atomic mass is 32.2. The lowest BCUT2D eigenvalue weighted by atomic mass is 9.90. The van der Waals surface area contributed by atoms with Gasteiger partial charge in [0.25, 0.3) is 0 Å². The smallest absolute Gasteiger partial charge is 0.306 e. The molecule has 712 valence electrons. The first-order chi connectivity index (χ1) is 57.8. The Morgan fingerprint density at radius 3 is 0.934 bits per heavy atom. The number of rotatable bonds is 0. The van der Waals surface area contributed by atoms with Crippen LogP contribution in [0.15, 0.2) is 0 Å². The molecule has 16 nitrogen and oxygen atoms in total. The molecule has 0 radical (unpaired) electrons. The van der Waals surface area contributed by atoms with Crippen molar-refractivity contribution in [1.29, 1.82) is 0 Å². The van der Waals surface area contributed by atoms with Crippen molar-refractivity contribution in [2.45, 2.75) is 368 Å². The van der Waals surface area contributed by atoms with Crippen molar-refractivity contribution in [3.05, 3.63) is 0 Å². The molecule has 0 aromatic carbocycles. The van der Waals surface area contributed by atoms with Crippen LogP contribution in [-0.4, -0.2) is 180 Å². The van der Waals surface area contributed by atoms with Crippen molar-refractivity contribution in [1.82, 2.24) is 0 Å². The van der Waals surface area contributed by atoms with Crippen molar-refractivity contribution >= 4 is 97.9 Å². The lowest BCUT2D eigenvalue weighted by molar-refractivity contribution is -0.149. The van der Waals surface area contributed by atoms with Crippen molar-refractivity contribution in [2.24, 2.45) is 94.7 Å². The average Bonchev–Trinajstić information content (AvgIpc) is 1.87. The molecule has 12 heterocycles. The Hall–Kier alpha value is -1.72. The molecule has 12 saturated heterocycles. The molecule has 12 atom stereocenters. The zero-order chi connectivity index (χ0) is 89.7. The van der Waals surface area contributed by atoms with E-state index in [0.717, 1.165) is 234 Å². The molecule has 16 aliphatic rings. The Morgan fingerprint density at radius 1 is 0.223 bits per heavy atom. The number of esters is 3. The van der Waals surface area contributed by atoms with Crippen molar-refractivity contribution < 1.29 is 75.1 Å². The zero-order valence-corrected chi connectivity index (χ0v) is 84.5. The van der Waals surface area contributed by atoms with E-state index in [2.05, 4.69) is 156 Å². The van der Waals surface area contributed by atoms with Gasteiger partial charge in [-0.05, 0) is 315 Å². The van der Waals surface area contributed by atoms with Crippen LogP contribution in [-0.2, 0) is 76.6 Å². The number of hydrogen-bond donors (Lipinski definition) is 0. The fraction of sp³-hybridized carbons (Fsp3) is 0.930. The molecule has 0 aromatic rings. The molecule has 0 spiro atoms. The topological polar surface area (TPSA) is 218 Å². The van der Waals surface area contributed by atoms with E-state index in [4.69, 9.17) is 28.4 Å². The monoisotopic (exact) mass is 1800 g/mol. The van der Waals surface area contributed by atoms with Crippen LogP contribution in [0, 0.1) is 94.7 Å². The fourth-order valence-electron chi connectivity index (χ4n) is 14.9. The minimum atomic E-state index is -2.62. The van der Waals surface area contributed by atoms with Gasteiger partial charge < -0.3 is 33.2 Å². The Kier molecular flexibility index (Phi) is 74.7. The van der Waals surface area contributed by atoms with E-state index in [1.165, 1.54) is 162 Å². The van der Waals surface area contributed by atoms with E-state index < -0.39 is 9.84 Å². The first-order valence-corrected chi connectivity index (χ1v) is 55.6. The quantitative estimate of drug-likeness (QED) is 0.125. The van der Waals surface area contributed by atoms with Gasteiger partial charge in [-0.25, -0.2) is 8.42 Å². The number of Topliss-reactive ketones (excluding diaryl/α,β-unsaturated/α-hetero) is 4. The van der Waals surface area contributed by atoms with E-state index in [1.807, 2.05) is 6.92 Å². The number of ether oxygens (including phenoxy) is 7. The average molecular weight is 1800 g/mol. The molecule has 16 fully saturated rings. The summed E-state index contributed by atoms with van der Waals surface area (Å²) in [5, 5.41) is 0. The van der Waals surface area contributed by atoms with Gasteiger partial charge in [-0.15, -0.1) is 0 Å². The van der Waals surface area contributed by atoms with E-state index in [0.29, 0.717) is 109 Å². The maximum Gasteiger partial charge on any atom is 0.306 e. The van der Waals surface area contributed by atoms with E-state index in [-0.39, 0.29) is 17.9 Å². The van der Waals surface area contributed by atoms with Gasteiger partial charge in [0, 0.05) is 123 Å². The van der Waals surface area contributed by atoms with Gasteiger partial charge in [0.1, 0.15) is 33.0 Å². The molecular weight excluding hydrogens is 1620 g/mol. The third kappa shape index (κ3) is 76.8. The van der Waals surface area contributed by atoms with Crippen LogP contribution in [0.5, 0.6) is 0 Å². The predicted molar refractivity (Wildman–Crippen MR) is 515 cm³/mol. The van der Waals surface area contributed by atoms with Crippen LogP contribution in [0.1, 0.15) is 368 Å². The van der Waals surface area contributed by atoms with Crippen LogP contribution in [0.25, 0.3) is 0 Å². The number of carbonyl (C=O) groups excluding carboxylic acids is 7. The standard InChI is InChI=1S/C8H14O.C7H12O2.C7H12O.C7H14O.C7H12O.C7H14S.C6H12O2S.C6H10O2.C6H12O.C6H10O.C6H12O.2C6H12S.C5H8O2.C5H10O.C5H10S/c1-7-3-2-4-8(9)6-5-7;1-6-2-3-7(8)9-5-4-6;1-6-2-4-7(8)5-3-6;1-7-3-2-5-8-6-4-7;1-6-3-2-4-7(8)5-6;1-7-3-2-5-8-6-4-7;1-6-2-4-9(7,8)5-3-6;1-5-2-3-8-6(7)4-5;1-6-2-4-7-5-3-6;1-5-2-3-6(7)4-5;1-6-3-2-4-7-5-6;1-6-2-4-7-5-3-6;1-6-3-2-4-7-5-6;1-4-2-5(6)7-3-4;2*1-5-2-3-6-4-5/h7H,2-6H2,1H3;6H,2-5H2,1H3;6H,2-5H2,1H3;7H,2-6H2,1H3;6H,2-5H2,1H3;7H,2-6H2,1H3;6H,2-5H2,1H3;5H,2-4H2,1H3;6H,2-5H2,1H3;5H,2-4H2,1H3;3*6H,2-5H2,1H3;4H,2-3H2,1H3;2*5H,2-4H2,1H3. The third-order valence-electron chi connectivity index (χ3n) is 24.7. The summed E-state index contributed by atoms with van der Waals surface area (Å²) in [6.07, 6.45) is 44.5. The Bertz CT molecular complexity index is 2440. The van der Waals surface area contributed by atoms with Crippen molar-refractivity contribution in [3.63, 3.8) is 0 Å². The summed E-state index contributed by atoms with van der Waals surface area (Å²) in [5.74, 6) is 26.5. The number of ketones is 4. The molecule has 0 aromatic heterocycles. The lowest BCUT2D eigenvalue weighted by Crippen LogP contribution is -2.21. The number of carbonyl (C=O) groups is 7. The number of hydrogen-bond acceptors (Lipinski definition) is 20. The van der Waals surface area contributed by atoms with E-state index in [9.17, 15) is 42.0 Å². The summed E-state index contributed by atoms with van der Waals surface area (Å²) in [7, 11) is -2.62. The molecule has 121 heavy (non-hydrogen) atoms. The molecule has 21 heteroatoms. The van der Waals surface area contributed by atoms with Crippen LogP contribution in [0.2, 0.25) is 0 Å². The van der Waals surface area contributed by atoms with Gasteiger partial charge in [0.15, 0.2) is 0 Å². The van der Waals surface area contributed by atoms with Gasteiger partial charge >= 0.3 is 17.9 Å². The normalized spacial score (nSPS) is 30.0. The van der Waals surface area contributed by atoms with Crippen LogP contribution in [0.3, 0.4) is 0 Å². The van der Waals surface area contributed by atoms with Crippen molar-refractivity contribution in [3.8, 4) is 0 Å². The summed E-state index contributed by atoms with van der Waals surface area (Å²) in [6.45, 7) is 45.2. The second kappa shape index (κ2) is 77.1. The SMILES string of the molecule is CC1CCC(=O)C1.CC1CCC(=O)CC1.CC1CCCC(=O)C1.CC1CCCC(=O)CC1.CC1CCCOC1.CC1CCCOCC1.CC1CCCSC1.CC1CCCSCC1.CC1CCOC(=O)C1.CC1CCOC(=O)CC1.CC1CCOC1.CC1CCOCC1.CC1CCS(=O)(=O)CC1.CC1CCSC1.CC1CCSCC1.CC1COC(=O)C1. The lowest BCUT2D eigenvalue weighted by Gasteiger charge is -2.16. The number of sulfone groups is 1. The fourth-order valence-corrected chi connectivity index (χ4v) is 21.6. The van der Waals surface area contributed by atoms with Gasteiger partial charge in [-0.3, -0.25) is 33.6 Å². The van der Waals surface area contributed by atoms with Crippen LogP contribution in [0.4, 0.5) is 0 Å². The highest BCUT2D eigenvalue weighted by molar-refractivity contribution is 8.00. The summed E-state index contributed by atoms with van der Waals surface area (Å²) in [5.41, 5.74) is 0. The highest BCUT2D eigenvalue weighted by Crippen LogP contribution is 2.28. The van der Waals surface area contributed by atoms with Gasteiger partial charge in [-0.2, -0.15) is 47.0 Å². The molecule has 4 saturated carbocycles. The maximum atomic E-state index is 10.8. The second-order valence-electron chi connectivity index (χ2n) is 39.2. The Labute approximate surface area is 760 Å². The Morgan fingerprint density at radius 2 is 0.537 bits per heavy atom. The van der Waals surface area contributed by atoms with Gasteiger partial charge in [0.2, 0.25) is 0 Å². The minimum Gasteiger partial charge on any atom is -0.466 e. The van der Waals surface area contributed by atoms with Crippen LogP contribution >= 0.6 is 47.0 Å². The third-order valence-corrected chi connectivity index (χ3v) is 31.3. The first kappa shape index (κ1) is 117.